The van der Waals surface area contributed by atoms with Crippen LogP contribution < -0.4 is 4.90 Å². The van der Waals surface area contributed by atoms with E-state index in [1.165, 1.54) is 30.4 Å². The van der Waals surface area contributed by atoms with Crippen molar-refractivity contribution in [3.8, 4) is 0 Å². The molecule has 0 spiro atoms. The summed E-state index contributed by atoms with van der Waals surface area (Å²) in [5.41, 5.74) is -2.36. The lowest BCUT2D eigenvalue weighted by molar-refractivity contribution is -0.384. The third kappa shape index (κ3) is 3.13. The second-order valence-electron chi connectivity index (χ2n) is 7.25. The summed E-state index contributed by atoms with van der Waals surface area (Å²) in [4.78, 5) is 61.4. The number of nitro groups is 1. The summed E-state index contributed by atoms with van der Waals surface area (Å²) in [6.07, 6.45) is 0.483. The second kappa shape index (κ2) is 7.24. The van der Waals surface area contributed by atoms with Crippen molar-refractivity contribution in [2.24, 2.45) is 11.8 Å². The zero-order chi connectivity index (χ0) is 22.7. The van der Waals surface area contributed by atoms with Gasteiger partial charge in [-0.1, -0.05) is 22.0 Å². The Morgan fingerprint density at radius 3 is 2.45 bits per heavy atom. The lowest BCUT2D eigenvalue weighted by atomic mass is 9.76. The fraction of sp³-hybridized carbons (Fsp3) is 0.368. The van der Waals surface area contributed by atoms with Gasteiger partial charge < -0.3 is 14.2 Å². The number of anilines is 1. The largest absolute Gasteiger partial charge is 0.422 e. The number of benzene rings is 1. The van der Waals surface area contributed by atoms with Gasteiger partial charge in [0.15, 0.2) is 5.60 Å². The molecule has 4 atom stereocenters. The average molecular weight is 495 g/mol. The molecule has 3 aliphatic rings. The van der Waals surface area contributed by atoms with Gasteiger partial charge in [0.2, 0.25) is 11.8 Å². The van der Waals surface area contributed by atoms with Gasteiger partial charge in [-0.25, -0.2) is 4.90 Å². The molecule has 3 heterocycles. The van der Waals surface area contributed by atoms with Crippen LogP contribution in [0.25, 0.3) is 0 Å². The Bertz CT molecular complexity index is 1050. The minimum absolute atomic E-state index is 0.191. The highest BCUT2D eigenvalue weighted by Crippen LogP contribution is 2.55. The standard InChI is InChI=1S/C19H15BrN2O9/c1-8(23)29-18(30-9(2)24)19-6-5-13(31-19)14-15(19)17(26)21(16(14)25)11-4-3-10(20)7-12(11)22(27)28/h3-7,13-15,18H,1-2H3/t13-,14-,15+,19-/m0/s1. The van der Waals surface area contributed by atoms with Crippen molar-refractivity contribution in [3.05, 3.63) is 44.9 Å². The van der Waals surface area contributed by atoms with Gasteiger partial charge in [0.1, 0.15) is 5.69 Å². The van der Waals surface area contributed by atoms with Crippen LogP contribution in [0.15, 0.2) is 34.8 Å². The summed E-state index contributed by atoms with van der Waals surface area (Å²) in [5, 5.41) is 11.5. The molecule has 2 fully saturated rings. The second-order valence-corrected chi connectivity index (χ2v) is 8.17. The molecule has 1 aromatic carbocycles. The van der Waals surface area contributed by atoms with Gasteiger partial charge in [0, 0.05) is 24.4 Å². The van der Waals surface area contributed by atoms with E-state index in [4.69, 9.17) is 14.2 Å². The van der Waals surface area contributed by atoms with Crippen LogP contribution in [0.2, 0.25) is 0 Å². The molecule has 31 heavy (non-hydrogen) atoms. The van der Waals surface area contributed by atoms with E-state index in [0.29, 0.717) is 4.47 Å². The van der Waals surface area contributed by atoms with Crippen LogP contribution in [-0.4, -0.2) is 46.7 Å². The molecule has 0 aliphatic carbocycles. The zero-order valence-electron chi connectivity index (χ0n) is 16.1. The summed E-state index contributed by atoms with van der Waals surface area (Å²) in [7, 11) is 0. The molecule has 0 unspecified atom stereocenters. The molecule has 2 bridgehead atoms. The molecule has 4 rings (SSSR count). The highest BCUT2D eigenvalue weighted by molar-refractivity contribution is 9.10. The first-order chi connectivity index (χ1) is 14.6. The number of halogens is 1. The van der Waals surface area contributed by atoms with Gasteiger partial charge in [-0.15, -0.1) is 0 Å². The van der Waals surface area contributed by atoms with Crippen molar-refractivity contribution in [2.45, 2.75) is 31.8 Å². The topological polar surface area (TPSA) is 142 Å². The van der Waals surface area contributed by atoms with Crippen molar-refractivity contribution in [1.82, 2.24) is 0 Å². The SMILES string of the molecule is CC(=O)OC(OC(C)=O)[C@@]12C=C[C@H](O1)[C@@H]1C(=O)N(c3ccc(Br)cc3[N+](=O)[O-])C(=O)[C@@H]12. The normalized spacial score (nSPS) is 28.3. The number of fused-ring (bicyclic) bond motifs is 5. The quantitative estimate of drug-likeness (QED) is 0.149. The van der Waals surface area contributed by atoms with E-state index in [2.05, 4.69) is 15.9 Å². The molecule has 2 amide bonds. The fourth-order valence-electron chi connectivity index (χ4n) is 4.29. The predicted octanol–water partition coefficient (Wildman–Crippen LogP) is 1.62. The average Bonchev–Trinajstić information content (AvgIpc) is 3.32. The summed E-state index contributed by atoms with van der Waals surface area (Å²) in [5.74, 6) is -5.28. The Morgan fingerprint density at radius 2 is 1.87 bits per heavy atom. The van der Waals surface area contributed by atoms with E-state index in [9.17, 15) is 29.3 Å². The number of ether oxygens (including phenoxy) is 3. The molecular formula is C19H15BrN2O9. The number of hydrogen-bond donors (Lipinski definition) is 0. The lowest BCUT2D eigenvalue weighted by Crippen LogP contribution is -2.52. The van der Waals surface area contributed by atoms with Crippen LogP contribution in [0.3, 0.4) is 0 Å². The van der Waals surface area contributed by atoms with E-state index in [1.54, 1.807) is 0 Å². The first-order valence-electron chi connectivity index (χ1n) is 9.10. The molecular weight excluding hydrogens is 480 g/mol. The van der Waals surface area contributed by atoms with E-state index >= 15 is 0 Å². The molecule has 0 radical (unpaired) electrons. The highest BCUT2D eigenvalue weighted by atomic mass is 79.9. The minimum Gasteiger partial charge on any atom is -0.422 e. The molecule has 0 saturated carbocycles. The Morgan fingerprint density at radius 1 is 1.23 bits per heavy atom. The summed E-state index contributed by atoms with van der Waals surface area (Å²) in [6, 6.07) is 3.94. The smallest absolute Gasteiger partial charge is 0.305 e. The van der Waals surface area contributed by atoms with Gasteiger partial charge in [0.25, 0.3) is 12.0 Å². The van der Waals surface area contributed by atoms with Crippen molar-refractivity contribution in [2.75, 3.05) is 4.90 Å². The van der Waals surface area contributed by atoms with Crippen molar-refractivity contribution < 1.29 is 38.3 Å². The molecule has 0 aromatic heterocycles. The van der Waals surface area contributed by atoms with Crippen LogP contribution in [0.4, 0.5) is 11.4 Å². The van der Waals surface area contributed by atoms with Crippen molar-refractivity contribution in [1.29, 1.82) is 0 Å². The van der Waals surface area contributed by atoms with E-state index < -0.39 is 64.2 Å². The Balaban J connectivity index is 1.79. The number of hydrogen-bond acceptors (Lipinski definition) is 9. The predicted molar refractivity (Wildman–Crippen MR) is 104 cm³/mol. The molecule has 0 N–H and O–H groups in total. The molecule has 3 aliphatic heterocycles. The molecule has 12 heteroatoms. The van der Waals surface area contributed by atoms with Gasteiger partial charge >= 0.3 is 11.9 Å². The zero-order valence-corrected chi connectivity index (χ0v) is 17.7. The number of amides is 2. The Hall–Kier alpha value is -3.12. The third-order valence-electron chi connectivity index (χ3n) is 5.37. The number of rotatable bonds is 5. The number of esters is 2. The van der Waals surface area contributed by atoms with Gasteiger partial charge in [-0.3, -0.25) is 29.3 Å². The monoisotopic (exact) mass is 494 g/mol. The Kier molecular flexibility index (Phi) is 4.93. The maximum atomic E-state index is 13.4. The minimum atomic E-state index is -1.72. The number of nitro benzene ring substituents is 1. The Labute approximate surface area is 183 Å². The molecule has 11 nitrogen and oxygen atoms in total. The first kappa shape index (κ1) is 21.1. The maximum absolute atomic E-state index is 13.4. The van der Waals surface area contributed by atoms with Crippen molar-refractivity contribution >= 4 is 51.1 Å². The summed E-state index contributed by atoms with van der Waals surface area (Å²) in [6.45, 7) is 2.18. The lowest BCUT2D eigenvalue weighted by Gasteiger charge is -2.34. The van der Waals surface area contributed by atoms with E-state index in [0.717, 1.165) is 18.7 Å². The van der Waals surface area contributed by atoms with Gasteiger partial charge in [0.05, 0.1) is 22.9 Å². The summed E-state index contributed by atoms with van der Waals surface area (Å²) >= 11 is 3.13. The molecule has 162 valence electrons. The van der Waals surface area contributed by atoms with Crippen LogP contribution in [0.1, 0.15) is 13.8 Å². The van der Waals surface area contributed by atoms with Crippen LogP contribution in [0.5, 0.6) is 0 Å². The van der Waals surface area contributed by atoms with Crippen LogP contribution in [-0.2, 0) is 33.4 Å². The third-order valence-corrected chi connectivity index (χ3v) is 5.86. The van der Waals surface area contributed by atoms with E-state index in [-0.39, 0.29) is 5.69 Å². The van der Waals surface area contributed by atoms with Crippen LogP contribution >= 0.6 is 15.9 Å². The molecule has 2 saturated heterocycles. The number of imide groups is 1. The number of carbonyl (C=O) groups is 4. The highest BCUT2D eigenvalue weighted by Gasteiger charge is 2.72. The maximum Gasteiger partial charge on any atom is 0.305 e. The van der Waals surface area contributed by atoms with Crippen LogP contribution in [0, 0.1) is 22.0 Å². The first-order valence-corrected chi connectivity index (χ1v) is 9.89. The molecule has 1 aromatic rings. The van der Waals surface area contributed by atoms with E-state index in [1.807, 2.05) is 0 Å². The number of carbonyl (C=O) groups excluding carboxylic acids is 4. The van der Waals surface area contributed by atoms with Gasteiger partial charge in [-0.2, -0.15) is 0 Å². The van der Waals surface area contributed by atoms with Crippen molar-refractivity contribution in [3.63, 3.8) is 0 Å². The van der Waals surface area contributed by atoms with Gasteiger partial charge in [-0.05, 0) is 18.2 Å². The number of nitrogens with zero attached hydrogens (tertiary/aromatic N) is 2. The summed E-state index contributed by atoms with van der Waals surface area (Å²) < 4.78 is 16.5. The fourth-order valence-corrected chi connectivity index (χ4v) is 4.64.